The van der Waals surface area contributed by atoms with E-state index in [2.05, 4.69) is 5.10 Å². The van der Waals surface area contributed by atoms with Crippen molar-refractivity contribution in [1.82, 2.24) is 9.78 Å². The summed E-state index contributed by atoms with van der Waals surface area (Å²) in [5.74, 6) is -0.444. The number of hydrogen-bond acceptors (Lipinski definition) is 2. The number of carbonyl (C=O) groups is 1. The molecular weight excluding hydrogens is 226 g/mol. The molecule has 0 unspecified atom stereocenters. The molecule has 1 amide bonds. The van der Waals surface area contributed by atoms with Gasteiger partial charge in [-0.15, -0.1) is 0 Å². The number of rotatable bonds is 2. The van der Waals surface area contributed by atoms with E-state index in [4.69, 9.17) is 5.73 Å². The van der Waals surface area contributed by atoms with Crippen molar-refractivity contribution < 1.29 is 4.79 Å². The Bertz CT molecular complexity index is 582. The summed E-state index contributed by atoms with van der Waals surface area (Å²) < 4.78 is 2.01. The van der Waals surface area contributed by atoms with E-state index >= 15 is 0 Å². The number of para-hydroxylation sites is 1. The molecule has 2 N–H and O–H groups in total. The maximum absolute atomic E-state index is 11.5. The molecule has 94 valence electrons. The molecule has 0 saturated heterocycles. The highest BCUT2D eigenvalue weighted by molar-refractivity contribution is 6.04. The zero-order valence-electron chi connectivity index (χ0n) is 10.3. The van der Waals surface area contributed by atoms with Gasteiger partial charge in [-0.25, -0.2) is 0 Å². The second-order valence-electron chi connectivity index (χ2n) is 4.97. The van der Waals surface area contributed by atoms with E-state index in [1.807, 2.05) is 28.9 Å². The van der Waals surface area contributed by atoms with Crippen LogP contribution in [-0.4, -0.2) is 15.7 Å². The summed E-state index contributed by atoms with van der Waals surface area (Å²) in [4.78, 5) is 11.5. The van der Waals surface area contributed by atoms with Gasteiger partial charge in [-0.3, -0.25) is 9.48 Å². The molecule has 3 rings (SSSR count). The van der Waals surface area contributed by atoms with Crippen LogP contribution in [0.5, 0.6) is 0 Å². The standard InChI is InChI=1S/C14H17N3O/c15-14(18)13-11-8-4-5-9-12(11)17(16-13)10-6-2-1-3-7-10/h4-5,8-10H,1-3,6-7H2,(H2,15,18). The van der Waals surface area contributed by atoms with Gasteiger partial charge in [0.1, 0.15) is 0 Å². The van der Waals surface area contributed by atoms with Crippen molar-refractivity contribution in [3.8, 4) is 0 Å². The highest BCUT2D eigenvalue weighted by Crippen LogP contribution is 2.31. The lowest BCUT2D eigenvalue weighted by Gasteiger charge is -2.22. The van der Waals surface area contributed by atoms with Crippen molar-refractivity contribution in [2.45, 2.75) is 38.1 Å². The van der Waals surface area contributed by atoms with Crippen molar-refractivity contribution in [3.05, 3.63) is 30.0 Å². The Hall–Kier alpha value is -1.84. The Balaban J connectivity index is 2.13. The Morgan fingerprint density at radius 1 is 1.22 bits per heavy atom. The smallest absolute Gasteiger partial charge is 0.269 e. The van der Waals surface area contributed by atoms with Crippen LogP contribution in [0.4, 0.5) is 0 Å². The Kier molecular flexibility index (Phi) is 2.78. The number of nitrogens with zero attached hydrogens (tertiary/aromatic N) is 2. The van der Waals surface area contributed by atoms with Crippen LogP contribution < -0.4 is 5.73 Å². The molecule has 18 heavy (non-hydrogen) atoms. The highest BCUT2D eigenvalue weighted by Gasteiger charge is 2.21. The van der Waals surface area contributed by atoms with Crippen LogP contribution in [0.2, 0.25) is 0 Å². The summed E-state index contributed by atoms with van der Waals surface area (Å²) in [5, 5.41) is 5.33. The average Bonchev–Trinajstić information content (AvgIpc) is 2.79. The van der Waals surface area contributed by atoms with Crippen LogP contribution in [0, 0.1) is 0 Å². The predicted molar refractivity (Wildman–Crippen MR) is 70.4 cm³/mol. The number of nitrogens with two attached hydrogens (primary N) is 1. The predicted octanol–water partition coefficient (Wildman–Crippen LogP) is 2.64. The van der Waals surface area contributed by atoms with Crippen LogP contribution in [0.3, 0.4) is 0 Å². The zero-order valence-corrected chi connectivity index (χ0v) is 10.3. The van der Waals surface area contributed by atoms with Crippen LogP contribution in [0.1, 0.15) is 48.6 Å². The molecule has 2 aromatic rings. The van der Waals surface area contributed by atoms with Crippen molar-refractivity contribution in [1.29, 1.82) is 0 Å². The number of fused-ring (bicyclic) bond motifs is 1. The largest absolute Gasteiger partial charge is 0.364 e. The minimum absolute atomic E-state index is 0.399. The van der Waals surface area contributed by atoms with Gasteiger partial charge in [-0.05, 0) is 18.9 Å². The summed E-state index contributed by atoms with van der Waals surface area (Å²) in [5.41, 5.74) is 6.83. The monoisotopic (exact) mass is 243 g/mol. The molecule has 1 saturated carbocycles. The Morgan fingerprint density at radius 2 is 1.94 bits per heavy atom. The van der Waals surface area contributed by atoms with Crippen molar-refractivity contribution in [2.24, 2.45) is 5.73 Å². The summed E-state index contributed by atoms with van der Waals surface area (Å²) in [6, 6.07) is 8.25. The lowest BCUT2D eigenvalue weighted by atomic mass is 9.95. The molecule has 0 aliphatic heterocycles. The molecule has 1 fully saturated rings. The highest BCUT2D eigenvalue weighted by atomic mass is 16.1. The molecule has 1 aromatic heterocycles. The van der Waals surface area contributed by atoms with Gasteiger partial charge in [0, 0.05) is 5.39 Å². The number of carbonyl (C=O) groups excluding carboxylic acids is 1. The number of benzene rings is 1. The fourth-order valence-corrected chi connectivity index (χ4v) is 2.88. The fourth-order valence-electron chi connectivity index (χ4n) is 2.88. The molecule has 0 bridgehead atoms. The summed E-state index contributed by atoms with van der Waals surface area (Å²) in [6.07, 6.45) is 6.07. The SMILES string of the molecule is NC(=O)c1nn(C2CCCCC2)c2ccccc12. The third kappa shape index (κ3) is 1.78. The van der Waals surface area contributed by atoms with Crippen LogP contribution in [0.15, 0.2) is 24.3 Å². The first-order valence-corrected chi connectivity index (χ1v) is 6.54. The minimum atomic E-state index is -0.444. The maximum Gasteiger partial charge on any atom is 0.269 e. The van der Waals surface area contributed by atoms with Crippen LogP contribution in [0.25, 0.3) is 10.9 Å². The topological polar surface area (TPSA) is 60.9 Å². The summed E-state index contributed by atoms with van der Waals surface area (Å²) >= 11 is 0. The zero-order chi connectivity index (χ0) is 12.5. The molecule has 4 nitrogen and oxygen atoms in total. The van der Waals surface area contributed by atoms with E-state index in [1.165, 1.54) is 19.3 Å². The first-order valence-electron chi connectivity index (χ1n) is 6.54. The molecule has 0 atom stereocenters. The van der Waals surface area contributed by atoms with Crippen molar-refractivity contribution in [3.63, 3.8) is 0 Å². The second-order valence-corrected chi connectivity index (χ2v) is 4.97. The van der Waals surface area contributed by atoms with E-state index in [0.717, 1.165) is 23.7 Å². The molecule has 0 spiro atoms. The van der Waals surface area contributed by atoms with E-state index in [1.54, 1.807) is 0 Å². The normalized spacial score (nSPS) is 17.1. The van der Waals surface area contributed by atoms with E-state index in [9.17, 15) is 4.79 Å². The first-order chi connectivity index (χ1) is 8.77. The fraction of sp³-hybridized carbons (Fsp3) is 0.429. The molecule has 1 aliphatic carbocycles. The van der Waals surface area contributed by atoms with Crippen molar-refractivity contribution >= 4 is 16.8 Å². The third-order valence-electron chi connectivity index (χ3n) is 3.77. The number of amides is 1. The molecule has 0 radical (unpaired) electrons. The van der Waals surface area contributed by atoms with E-state index in [-0.39, 0.29) is 0 Å². The van der Waals surface area contributed by atoms with Crippen molar-refractivity contribution in [2.75, 3.05) is 0 Å². The Labute approximate surface area is 106 Å². The lowest BCUT2D eigenvalue weighted by Crippen LogP contribution is -2.16. The number of hydrogen-bond donors (Lipinski definition) is 1. The molecule has 1 aromatic carbocycles. The van der Waals surface area contributed by atoms with E-state index < -0.39 is 5.91 Å². The maximum atomic E-state index is 11.5. The first kappa shape index (κ1) is 11.3. The van der Waals surface area contributed by atoms with Gasteiger partial charge in [-0.1, -0.05) is 37.5 Å². The minimum Gasteiger partial charge on any atom is -0.364 e. The van der Waals surface area contributed by atoms with Crippen LogP contribution >= 0.6 is 0 Å². The molecular formula is C14H17N3O. The molecule has 1 heterocycles. The van der Waals surface area contributed by atoms with Crippen LogP contribution in [-0.2, 0) is 0 Å². The summed E-state index contributed by atoms with van der Waals surface area (Å²) in [7, 11) is 0. The summed E-state index contributed by atoms with van der Waals surface area (Å²) in [6.45, 7) is 0. The van der Waals surface area contributed by atoms with Gasteiger partial charge in [0.25, 0.3) is 5.91 Å². The van der Waals surface area contributed by atoms with Gasteiger partial charge in [0.15, 0.2) is 5.69 Å². The van der Waals surface area contributed by atoms with Gasteiger partial charge in [0.2, 0.25) is 0 Å². The van der Waals surface area contributed by atoms with Gasteiger partial charge < -0.3 is 5.73 Å². The van der Waals surface area contributed by atoms with Gasteiger partial charge in [0.05, 0.1) is 11.6 Å². The lowest BCUT2D eigenvalue weighted by molar-refractivity contribution is 0.0995. The quantitative estimate of drug-likeness (QED) is 0.881. The third-order valence-corrected chi connectivity index (χ3v) is 3.77. The van der Waals surface area contributed by atoms with Gasteiger partial charge in [-0.2, -0.15) is 5.10 Å². The molecule has 1 aliphatic rings. The number of aromatic nitrogens is 2. The Morgan fingerprint density at radius 3 is 2.67 bits per heavy atom. The second kappa shape index (κ2) is 4.44. The molecule has 4 heteroatoms. The van der Waals surface area contributed by atoms with E-state index in [0.29, 0.717) is 11.7 Å². The van der Waals surface area contributed by atoms with Gasteiger partial charge >= 0.3 is 0 Å². The number of primary amides is 1. The average molecular weight is 243 g/mol.